The highest BCUT2D eigenvalue weighted by Gasteiger charge is 2.44. The van der Waals surface area contributed by atoms with E-state index in [1.54, 1.807) is 0 Å². The summed E-state index contributed by atoms with van der Waals surface area (Å²) in [4.78, 5) is 4.17. The van der Waals surface area contributed by atoms with Crippen LogP contribution in [-0.2, 0) is 9.31 Å². The molecule has 1 aliphatic heterocycles. The van der Waals surface area contributed by atoms with Crippen LogP contribution in [0.2, 0.25) is 0 Å². The van der Waals surface area contributed by atoms with Crippen LogP contribution in [0.4, 0.5) is 0 Å². The molecule has 1 aromatic heterocycles. The number of pyridine rings is 1. The van der Waals surface area contributed by atoms with Crippen molar-refractivity contribution in [3.8, 4) is 0 Å². The molecule has 0 amide bonds. The molecule has 0 aliphatic carbocycles. The first kappa shape index (κ1) is 14.2. The van der Waals surface area contributed by atoms with Crippen LogP contribution >= 0.6 is 0 Å². The highest BCUT2D eigenvalue weighted by atomic mass is 16.7. The fraction of sp³-hybridized carbons (Fsp3) is 0.615. The molecule has 1 saturated heterocycles. The maximum atomic E-state index is 5.21. The molecule has 93 valence electrons. The molecule has 2 rings (SSSR count). The van der Waals surface area contributed by atoms with E-state index in [4.69, 9.17) is 9.31 Å². The molecule has 1 aromatic rings. The number of rotatable bonds is 0. The van der Waals surface area contributed by atoms with Crippen LogP contribution in [-0.4, -0.2) is 23.9 Å². The summed E-state index contributed by atoms with van der Waals surface area (Å²) in [7, 11) is 1.42. The average molecular weight is 234 g/mol. The second-order valence-electron chi connectivity index (χ2n) is 5.27. The van der Waals surface area contributed by atoms with Gasteiger partial charge in [-0.3, -0.25) is 4.98 Å². The first-order valence-electron chi connectivity index (χ1n) is 5.82. The number of aryl methyl sites for hydroxylation is 2. The SMILES string of the molecule is CC1(C)O[B]OC1(C)C.Cc1cccc(C)n1. The lowest BCUT2D eigenvalue weighted by atomic mass is 9.90. The van der Waals surface area contributed by atoms with E-state index in [1.807, 2.05) is 59.7 Å². The van der Waals surface area contributed by atoms with Crippen molar-refractivity contribution in [2.45, 2.75) is 52.7 Å². The van der Waals surface area contributed by atoms with Crippen molar-refractivity contribution in [3.63, 3.8) is 0 Å². The lowest BCUT2D eigenvalue weighted by molar-refractivity contribution is 0.00578. The molecule has 2 heterocycles. The Morgan fingerprint density at radius 2 is 1.35 bits per heavy atom. The molecule has 1 aliphatic rings. The minimum Gasteiger partial charge on any atom is -0.405 e. The Hall–Kier alpha value is -0.865. The quantitative estimate of drug-likeness (QED) is 0.647. The maximum Gasteiger partial charge on any atom is 0.488 e. The van der Waals surface area contributed by atoms with E-state index in [2.05, 4.69) is 4.98 Å². The minimum absolute atomic E-state index is 0.187. The van der Waals surface area contributed by atoms with Gasteiger partial charge in [0.25, 0.3) is 0 Å². The molecule has 0 N–H and O–H groups in total. The minimum atomic E-state index is -0.188. The first-order chi connectivity index (χ1) is 7.74. The van der Waals surface area contributed by atoms with Crippen molar-refractivity contribution in [2.24, 2.45) is 0 Å². The van der Waals surface area contributed by atoms with E-state index in [-0.39, 0.29) is 11.2 Å². The molecule has 0 bridgehead atoms. The Labute approximate surface area is 105 Å². The van der Waals surface area contributed by atoms with Crippen molar-refractivity contribution in [2.75, 3.05) is 0 Å². The van der Waals surface area contributed by atoms with Gasteiger partial charge in [-0.05, 0) is 53.7 Å². The van der Waals surface area contributed by atoms with Crippen LogP contribution in [0.15, 0.2) is 18.2 Å². The van der Waals surface area contributed by atoms with Gasteiger partial charge in [0.2, 0.25) is 0 Å². The molecular weight excluding hydrogens is 213 g/mol. The van der Waals surface area contributed by atoms with Gasteiger partial charge in [-0.15, -0.1) is 0 Å². The second kappa shape index (κ2) is 5.19. The van der Waals surface area contributed by atoms with E-state index in [1.165, 1.54) is 7.69 Å². The van der Waals surface area contributed by atoms with Crippen LogP contribution < -0.4 is 0 Å². The molecule has 0 unspecified atom stereocenters. The highest BCUT2D eigenvalue weighted by Crippen LogP contribution is 2.33. The van der Waals surface area contributed by atoms with Crippen molar-refractivity contribution in [3.05, 3.63) is 29.6 Å². The molecule has 0 aromatic carbocycles. The summed E-state index contributed by atoms with van der Waals surface area (Å²) in [6, 6.07) is 6.00. The predicted octanol–water partition coefficient (Wildman–Crippen LogP) is 2.82. The van der Waals surface area contributed by atoms with Gasteiger partial charge in [0.1, 0.15) is 0 Å². The molecule has 0 atom stereocenters. The Bertz CT molecular complexity index is 346. The van der Waals surface area contributed by atoms with Gasteiger partial charge >= 0.3 is 7.69 Å². The zero-order valence-electron chi connectivity index (χ0n) is 11.6. The highest BCUT2D eigenvalue weighted by molar-refractivity contribution is 6.19. The van der Waals surface area contributed by atoms with Gasteiger partial charge in [-0.25, -0.2) is 0 Å². The molecule has 3 nitrogen and oxygen atoms in total. The molecule has 1 fully saturated rings. The number of aromatic nitrogens is 1. The molecule has 4 heteroatoms. The number of hydrogen-bond donors (Lipinski definition) is 0. The van der Waals surface area contributed by atoms with Gasteiger partial charge in [0.15, 0.2) is 0 Å². The van der Waals surface area contributed by atoms with Gasteiger partial charge in [0.05, 0.1) is 11.2 Å². The lowest BCUT2D eigenvalue weighted by Crippen LogP contribution is -2.41. The smallest absolute Gasteiger partial charge is 0.405 e. The van der Waals surface area contributed by atoms with Gasteiger partial charge < -0.3 is 9.31 Å². The van der Waals surface area contributed by atoms with E-state index < -0.39 is 0 Å². The normalized spacial score (nSPS) is 20.1. The van der Waals surface area contributed by atoms with Gasteiger partial charge in [-0.2, -0.15) is 0 Å². The number of nitrogens with zero attached hydrogens (tertiary/aromatic N) is 1. The van der Waals surface area contributed by atoms with E-state index in [0.29, 0.717) is 0 Å². The van der Waals surface area contributed by atoms with Crippen LogP contribution in [0.5, 0.6) is 0 Å². The van der Waals surface area contributed by atoms with Crippen LogP contribution in [0.3, 0.4) is 0 Å². The summed E-state index contributed by atoms with van der Waals surface area (Å²) in [5.41, 5.74) is 1.80. The second-order valence-corrected chi connectivity index (χ2v) is 5.27. The van der Waals surface area contributed by atoms with E-state index in [0.717, 1.165) is 11.4 Å². The summed E-state index contributed by atoms with van der Waals surface area (Å²) in [6.45, 7) is 12.0. The third kappa shape index (κ3) is 3.82. The van der Waals surface area contributed by atoms with Crippen LogP contribution in [0.25, 0.3) is 0 Å². The topological polar surface area (TPSA) is 31.4 Å². The zero-order chi connectivity index (χ0) is 13.1. The molecule has 0 saturated carbocycles. The van der Waals surface area contributed by atoms with Crippen molar-refractivity contribution in [1.82, 2.24) is 4.98 Å². The fourth-order valence-electron chi connectivity index (χ4n) is 1.23. The summed E-state index contributed by atoms with van der Waals surface area (Å²) in [6.07, 6.45) is 0. The first-order valence-corrected chi connectivity index (χ1v) is 5.82. The Kier molecular flexibility index (Phi) is 4.34. The fourth-order valence-corrected chi connectivity index (χ4v) is 1.23. The zero-order valence-corrected chi connectivity index (χ0v) is 11.6. The Morgan fingerprint density at radius 1 is 0.941 bits per heavy atom. The summed E-state index contributed by atoms with van der Waals surface area (Å²) >= 11 is 0. The van der Waals surface area contributed by atoms with Gasteiger partial charge in [-0.1, -0.05) is 6.07 Å². The largest absolute Gasteiger partial charge is 0.488 e. The van der Waals surface area contributed by atoms with E-state index >= 15 is 0 Å². The molecule has 17 heavy (non-hydrogen) atoms. The molecule has 1 radical (unpaired) electrons. The predicted molar refractivity (Wildman–Crippen MR) is 69.8 cm³/mol. The summed E-state index contributed by atoms with van der Waals surface area (Å²) < 4.78 is 10.4. The monoisotopic (exact) mass is 234 g/mol. The molecular formula is C13H21BNO2. The third-order valence-electron chi connectivity index (χ3n) is 3.16. The van der Waals surface area contributed by atoms with Crippen LogP contribution in [0, 0.1) is 13.8 Å². The van der Waals surface area contributed by atoms with Crippen molar-refractivity contribution in [1.29, 1.82) is 0 Å². The average Bonchev–Trinajstić information content (AvgIpc) is 2.39. The molecule has 0 spiro atoms. The lowest BCUT2D eigenvalue weighted by Gasteiger charge is -2.32. The maximum absolute atomic E-state index is 5.21. The van der Waals surface area contributed by atoms with E-state index in [9.17, 15) is 0 Å². The Morgan fingerprint density at radius 3 is 1.53 bits per heavy atom. The van der Waals surface area contributed by atoms with Gasteiger partial charge in [0, 0.05) is 11.4 Å². The van der Waals surface area contributed by atoms with Crippen molar-refractivity contribution >= 4 is 7.69 Å². The standard InChI is InChI=1S/C7H9N.C6H12BO2/c1-6-4-3-5-7(2)8-6;1-5(2)6(3,4)9-7-8-5/h3-5H,1-2H3;1-4H3. The summed E-state index contributed by atoms with van der Waals surface area (Å²) in [5, 5.41) is 0. The third-order valence-corrected chi connectivity index (χ3v) is 3.16. The van der Waals surface area contributed by atoms with Crippen LogP contribution in [0.1, 0.15) is 39.1 Å². The number of hydrogen-bond acceptors (Lipinski definition) is 3. The Balaban J connectivity index is 0.000000171. The summed E-state index contributed by atoms with van der Waals surface area (Å²) in [5.74, 6) is 0. The van der Waals surface area contributed by atoms with Crippen molar-refractivity contribution < 1.29 is 9.31 Å².